The van der Waals surface area contributed by atoms with Gasteiger partial charge in [-0.15, -0.1) is 0 Å². The highest BCUT2D eigenvalue weighted by Crippen LogP contribution is 2.37. The molecule has 4 rings (SSSR count). The van der Waals surface area contributed by atoms with Crippen LogP contribution in [0.25, 0.3) is 0 Å². The van der Waals surface area contributed by atoms with Gasteiger partial charge >= 0.3 is 0 Å². The number of sulfonamides is 1. The number of ether oxygens (including phenoxy) is 1. The summed E-state index contributed by atoms with van der Waals surface area (Å²) in [5, 5.41) is 3.02. The molecule has 0 aliphatic carbocycles. The molecule has 3 aromatic carbocycles. The van der Waals surface area contributed by atoms with Gasteiger partial charge in [0.15, 0.2) is 6.10 Å². The van der Waals surface area contributed by atoms with E-state index in [1.807, 2.05) is 27.7 Å². The van der Waals surface area contributed by atoms with E-state index in [2.05, 4.69) is 24.4 Å². The van der Waals surface area contributed by atoms with Crippen molar-refractivity contribution in [3.05, 3.63) is 88.5 Å². The Morgan fingerprint density at radius 1 is 0.971 bits per heavy atom. The quantitative estimate of drug-likeness (QED) is 0.574. The summed E-state index contributed by atoms with van der Waals surface area (Å²) >= 11 is 0. The predicted octanol–water partition coefficient (Wildman–Crippen LogP) is 4.75. The maximum Gasteiger partial charge on any atom is 0.264 e. The lowest BCUT2D eigenvalue weighted by atomic mass is 9.96. The summed E-state index contributed by atoms with van der Waals surface area (Å²) in [5.74, 6) is 0.00309. The standard InChI is InChI=1S/C27H30N2O4S/c1-17-10-12-22(13-11-17)34(31,32)29-16-26(33-25-9-7-6-8-24(25)29)27(30)28-21(5)23-15-19(3)18(2)14-20(23)4/h6-15,21,26H,16H2,1-5H3,(H,28,30)/t21-,26+/m1/s1. The second kappa shape index (κ2) is 9.14. The van der Waals surface area contributed by atoms with Crippen molar-refractivity contribution in [2.24, 2.45) is 0 Å². The fourth-order valence-electron chi connectivity index (χ4n) is 4.24. The summed E-state index contributed by atoms with van der Waals surface area (Å²) in [7, 11) is -3.88. The van der Waals surface area contributed by atoms with Gasteiger partial charge in [0.2, 0.25) is 0 Å². The Bertz CT molecular complexity index is 1330. The maximum atomic E-state index is 13.5. The fourth-order valence-corrected chi connectivity index (χ4v) is 5.71. The largest absolute Gasteiger partial charge is 0.476 e. The van der Waals surface area contributed by atoms with Crippen LogP contribution in [0, 0.1) is 27.7 Å². The zero-order valence-electron chi connectivity index (χ0n) is 20.1. The van der Waals surface area contributed by atoms with E-state index in [-0.39, 0.29) is 23.4 Å². The Labute approximate surface area is 201 Å². The van der Waals surface area contributed by atoms with Gasteiger partial charge in [0, 0.05) is 0 Å². The van der Waals surface area contributed by atoms with Crippen molar-refractivity contribution in [3.8, 4) is 5.75 Å². The average molecular weight is 479 g/mol. The Morgan fingerprint density at radius 3 is 2.32 bits per heavy atom. The van der Waals surface area contributed by atoms with Gasteiger partial charge in [0.1, 0.15) is 5.75 Å². The molecule has 0 fully saturated rings. The molecule has 0 spiro atoms. The van der Waals surface area contributed by atoms with Crippen molar-refractivity contribution >= 4 is 21.6 Å². The first-order valence-electron chi connectivity index (χ1n) is 11.3. The molecule has 0 bridgehead atoms. The first kappa shape index (κ1) is 23.8. The molecule has 178 valence electrons. The van der Waals surface area contributed by atoms with E-state index < -0.39 is 16.1 Å². The van der Waals surface area contributed by atoms with Crippen molar-refractivity contribution in [3.63, 3.8) is 0 Å². The number of hydrogen-bond acceptors (Lipinski definition) is 4. The van der Waals surface area contributed by atoms with Crippen molar-refractivity contribution in [1.82, 2.24) is 5.32 Å². The molecule has 34 heavy (non-hydrogen) atoms. The monoisotopic (exact) mass is 478 g/mol. The van der Waals surface area contributed by atoms with Gasteiger partial charge in [-0.2, -0.15) is 0 Å². The molecule has 0 unspecified atom stereocenters. The lowest BCUT2D eigenvalue weighted by Gasteiger charge is -2.35. The number of rotatable bonds is 5. The molecule has 0 saturated carbocycles. The lowest BCUT2D eigenvalue weighted by Crippen LogP contribution is -2.51. The van der Waals surface area contributed by atoms with E-state index in [4.69, 9.17) is 4.74 Å². The van der Waals surface area contributed by atoms with Gasteiger partial charge in [0.25, 0.3) is 15.9 Å². The summed E-state index contributed by atoms with van der Waals surface area (Å²) in [4.78, 5) is 13.4. The molecule has 2 atom stereocenters. The third-order valence-electron chi connectivity index (χ3n) is 6.34. The molecule has 0 radical (unpaired) electrons. The second-order valence-corrected chi connectivity index (χ2v) is 10.8. The number of carbonyl (C=O) groups is 1. The van der Waals surface area contributed by atoms with E-state index in [1.54, 1.807) is 48.5 Å². The highest BCUT2D eigenvalue weighted by atomic mass is 32.2. The summed E-state index contributed by atoms with van der Waals surface area (Å²) in [6, 6.07) is 17.5. The third kappa shape index (κ3) is 4.53. The van der Waals surface area contributed by atoms with Crippen molar-refractivity contribution in [1.29, 1.82) is 0 Å². The third-order valence-corrected chi connectivity index (χ3v) is 8.14. The first-order valence-corrected chi connectivity index (χ1v) is 12.7. The van der Waals surface area contributed by atoms with Gasteiger partial charge in [-0.3, -0.25) is 9.10 Å². The molecule has 1 heterocycles. The van der Waals surface area contributed by atoms with Gasteiger partial charge < -0.3 is 10.1 Å². The van der Waals surface area contributed by atoms with E-state index in [0.29, 0.717) is 11.4 Å². The first-order chi connectivity index (χ1) is 16.1. The molecule has 1 aliphatic rings. The molecular formula is C27H30N2O4S. The van der Waals surface area contributed by atoms with Crippen LogP contribution in [0.3, 0.4) is 0 Å². The Kier molecular flexibility index (Phi) is 6.41. The van der Waals surface area contributed by atoms with Crippen molar-refractivity contribution in [2.75, 3.05) is 10.8 Å². The lowest BCUT2D eigenvalue weighted by molar-refractivity contribution is -0.128. The van der Waals surface area contributed by atoms with Crippen molar-refractivity contribution < 1.29 is 17.9 Å². The highest BCUT2D eigenvalue weighted by molar-refractivity contribution is 7.92. The van der Waals surface area contributed by atoms with Crippen LogP contribution in [0.5, 0.6) is 5.75 Å². The predicted molar refractivity (Wildman–Crippen MR) is 134 cm³/mol. The van der Waals surface area contributed by atoms with Gasteiger partial charge in [-0.05, 0) is 81.1 Å². The van der Waals surface area contributed by atoms with Crippen LogP contribution < -0.4 is 14.4 Å². The number of fused-ring (bicyclic) bond motifs is 1. The molecule has 0 aromatic heterocycles. The zero-order valence-corrected chi connectivity index (χ0v) is 20.9. The van der Waals surface area contributed by atoms with Crippen LogP contribution in [-0.4, -0.2) is 27.0 Å². The topological polar surface area (TPSA) is 75.7 Å². The molecule has 1 amide bonds. The number of anilines is 1. The van der Waals surface area contributed by atoms with E-state index in [0.717, 1.165) is 22.3 Å². The van der Waals surface area contributed by atoms with Crippen LogP contribution in [0.15, 0.2) is 65.6 Å². The number of hydrogen-bond donors (Lipinski definition) is 1. The van der Waals surface area contributed by atoms with Crippen LogP contribution in [0.4, 0.5) is 5.69 Å². The van der Waals surface area contributed by atoms with Gasteiger partial charge in [-0.25, -0.2) is 8.42 Å². The number of aryl methyl sites for hydroxylation is 4. The molecule has 6 nitrogen and oxygen atoms in total. The summed E-state index contributed by atoms with van der Waals surface area (Å²) < 4.78 is 34.3. The van der Waals surface area contributed by atoms with Gasteiger partial charge in [0.05, 0.1) is 23.2 Å². The zero-order chi connectivity index (χ0) is 24.6. The SMILES string of the molecule is Cc1ccc(S(=O)(=O)N2C[C@@H](C(=O)N[C@H](C)c3cc(C)c(C)cc3C)Oc3ccccc32)cc1. The fraction of sp³-hybridized carbons (Fsp3) is 0.296. The number of para-hydroxylation sites is 2. The Morgan fingerprint density at radius 2 is 1.62 bits per heavy atom. The minimum Gasteiger partial charge on any atom is -0.476 e. The van der Waals surface area contributed by atoms with Crippen LogP contribution >= 0.6 is 0 Å². The summed E-state index contributed by atoms with van der Waals surface area (Å²) in [5.41, 5.74) is 5.86. The van der Waals surface area contributed by atoms with Crippen LogP contribution in [0.2, 0.25) is 0 Å². The number of carbonyl (C=O) groups excluding carboxylic acids is 1. The van der Waals surface area contributed by atoms with E-state index in [1.165, 1.54) is 9.87 Å². The molecule has 3 aromatic rings. The average Bonchev–Trinajstić information content (AvgIpc) is 2.80. The Balaban J connectivity index is 1.62. The summed E-state index contributed by atoms with van der Waals surface area (Å²) in [6.07, 6.45) is -0.982. The van der Waals surface area contributed by atoms with Gasteiger partial charge in [-0.1, -0.05) is 42.0 Å². The molecule has 7 heteroatoms. The number of amides is 1. The number of nitrogens with zero attached hydrogens (tertiary/aromatic N) is 1. The van der Waals surface area contributed by atoms with E-state index in [9.17, 15) is 13.2 Å². The number of benzene rings is 3. The molecule has 1 N–H and O–H groups in total. The van der Waals surface area contributed by atoms with Crippen LogP contribution in [0.1, 0.15) is 40.8 Å². The highest BCUT2D eigenvalue weighted by Gasteiger charge is 2.37. The molecule has 1 aliphatic heterocycles. The molecule has 0 saturated heterocycles. The normalized spacial score (nSPS) is 16.4. The van der Waals surface area contributed by atoms with Crippen molar-refractivity contribution in [2.45, 2.75) is 51.7 Å². The van der Waals surface area contributed by atoms with Crippen LogP contribution in [-0.2, 0) is 14.8 Å². The smallest absolute Gasteiger partial charge is 0.264 e. The minimum atomic E-state index is -3.88. The second-order valence-electron chi connectivity index (χ2n) is 8.95. The maximum absolute atomic E-state index is 13.5. The minimum absolute atomic E-state index is 0.113. The Hall–Kier alpha value is -3.32. The number of nitrogens with one attached hydrogen (secondary N) is 1. The van der Waals surface area contributed by atoms with E-state index >= 15 is 0 Å². The molecular weight excluding hydrogens is 448 g/mol. The summed E-state index contributed by atoms with van der Waals surface area (Å²) in [6.45, 7) is 9.84.